The molecule has 0 aliphatic rings. The zero-order valence-electron chi connectivity index (χ0n) is 13.0. The first-order chi connectivity index (χ1) is 11.1. The highest BCUT2D eigenvalue weighted by Gasteiger charge is 2.23. The lowest BCUT2D eigenvalue weighted by Crippen LogP contribution is -2.11. The number of carbonyl (C=O) groups is 1. The van der Waals surface area contributed by atoms with Gasteiger partial charge in [0, 0.05) is 5.56 Å². The Bertz CT molecular complexity index is 823. The van der Waals surface area contributed by atoms with Crippen LogP contribution in [-0.2, 0) is 0 Å². The van der Waals surface area contributed by atoms with Gasteiger partial charge in [0.25, 0.3) is 0 Å². The van der Waals surface area contributed by atoms with Crippen LogP contribution in [0.15, 0.2) is 54.6 Å². The van der Waals surface area contributed by atoms with E-state index in [9.17, 15) is 9.90 Å². The summed E-state index contributed by atoms with van der Waals surface area (Å²) in [7, 11) is 0. The molecular formula is C18H17N3O2. The molecule has 116 valence electrons. The van der Waals surface area contributed by atoms with Crippen LogP contribution in [0, 0.1) is 6.92 Å². The van der Waals surface area contributed by atoms with Crippen molar-refractivity contribution in [2.24, 2.45) is 0 Å². The number of carboxylic acid groups (broad SMARTS) is 1. The molecule has 0 aliphatic carbocycles. The molecule has 0 amide bonds. The monoisotopic (exact) mass is 307 g/mol. The van der Waals surface area contributed by atoms with Gasteiger partial charge in [0.1, 0.15) is 5.69 Å². The Morgan fingerprint density at radius 2 is 1.74 bits per heavy atom. The van der Waals surface area contributed by atoms with Crippen molar-refractivity contribution in [3.8, 4) is 11.3 Å². The molecule has 0 fully saturated rings. The van der Waals surface area contributed by atoms with Crippen molar-refractivity contribution in [2.75, 3.05) is 0 Å². The van der Waals surface area contributed by atoms with E-state index in [-0.39, 0.29) is 11.7 Å². The van der Waals surface area contributed by atoms with E-state index in [2.05, 4.69) is 10.3 Å². The second-order valence-electron chi connectivity index (χ2n) is 5.49. The highest BCUT2D eigenvalue weighted by Crippen LogP contribution is 2.28. The zero-order chi connectivity index (χ0) is 16.4. The van der Waals surface area contributed by atoms with Gasteiger partial charge in [-0.15, -0.1) is 5.10 Å². The van der Waals surface area contributed by atoms with Gasteiger partial charge in [0.15, 0.2) is 5.69 Å². The number of aromatic carboxylic acids is 1. The van der Waals surface area contributed by atoms with Gasteiger partial charge in [-0.3, -0.25) is 0 Å². The first-order valence-electron chi connectivity index (χ1n) is 7.38. The number of carboxylic acids is 1. The summed E-state index contributed by atoms with van der Waals surface area (Å²) in [5.41, 5.74) is 3.44. The van der Waals surface area contributed by atoms with Crippen LogP contribution in [0.4, 0.5) is 0 Å². The van der Waals surface area contributed by atoms with Crippen molar-refractivity contribution < 1.29 is 9.90 Å². The van der Waals surface area contributed by atoms with Crippen molar-refractivity contribution in [1.29, 1.82) is 0 Å². The van der Waals surface area contributed by atoms with Crippen LogP contribution in [0.25, 0.3) is 11.3 Å². The van der Waals surface area contributed by atoms with Gasteiger partial charge in [0.05, 0.1) is 6.04 Å². The van der Waals surface area contributed by atoms with Crippen LogP contribution in [-0.4, -0.2) is 26.1 Å². The van der Waals surface area contributed by atoms with Crippen LogP contribution in [0.1, 0.15) is 34.6 Å². The molecule has 1 atom stereocenters. The van der Waals surface area contributed by atoms with E-state index < -0.39 is 5.97 Å². The number of hydrogen-bond donors (Lipinski definition) is 1. The predicted octanol–water partition coefficient (Wildman–Crippen LogP) is 3.56. The fraction of sp³-hybridized carbons (Fsp3) is 0.167. The third kappa shape index (κ3) is 2.85. The average Bonchev–Trinajstić information content (AvgIpc) is 3.01. The fourth-order valence-corrected chi connectivity index (χ4v) is 2.56. The van der Waals surface area contributed by atoms with Crippen LogP contribution in [0.3, 0.4) is 0 Å². The molecule has 0 bridgehead atoms. The SMILES string of the molecule is Cc1ccc(-c2c(C(=O)O)nnn2C(C)c2ccccc2)cc1. The van der Waals surface area contributed by atoms with Crippen LogP contribution in [0.5, 0.6) is 0 Å². The smallest absolute Gasteiger partial charge is 0.358 e. The number of hydrogen-bond acceptors (Lipinski definition) is 3. The summed E-state index contributed by atoms with van der Waals surface area (Å²) in [6.07, 6.45) is 0. The number of aryl methyl sites for hydroxylation is 1. The quantitative estimate of drug-likeness (QED) is 0.800. The molecule has 5 nitrogen and oxygen atoms in total. The van der Waals surface area contributed by atoms with Crippen LogP contribution >= 0.6 is 0 Å². The lowest BCUT2D eigenvalue weighted by atomic mass is 10.0. The maximum atomic E-state index is 11.5. The van der Waals surface area contributed by atoms with Crippen molar-refractivity contribution >= 4 is 5.97 Å². The maximum Gasteiger partial charge on any atom is 0.358 e. The molecule has 0 spiro atoms. The minimum atomic E-state index is -1.08. The predicted molar refractivity (Wildman–Crippen MR) is 87.4 cm³/mol. The molecule has 0 saturated heterocycles. The number of nitrogens with zero attached hydrogens (tertiary/aromatic N) is 3. The standard InChI is InChI=1S/C18H17N3O2/c1-12-8-10-15(11-9-12)17-16(18(22)23)19-20-21(17)13(2)14-6-4-3-5-7-14/h3-11,13H,1-2H3,(H,22,23). The maximum absolute atomic E-state index is 11.5. The summed E-state index contributed by atoms with van der Waals surface area (Å²) in [5.74, 6) is -1.08. The van der Waals surface area contributed by atoms with Gasteiger partial charge >= 0.3 is 5.97 Å². The molecular weight excluding hydrogens is 290 g/mol. The Morgan fingerprint density at radius 3 is 2.35 bits per heavy atom. The second-order valence-corrected chi connectivity index (χ2v) is 5.49. The molecule has 0 aliphatic heterocycles. The average molecular weight is 307 g/mol. The lowest BCUT2D eigenvalue weighted by molar-refractivity contribution is 0.0691. The molecule has 3 aromatic rings. The van der Waals surface area contributed by atoms with E-state index in [1.165, 1.54) is 0 Å². The normalized spacial score (nSPS) is 12.1. The van der Waals surface area contributed by atoms with Crippen molar-refractivity contribution in [1.82, 2.24) is 15.0 Å². The van der Waals surface area contributed by atoms with Crippen molar-refractivity contribution in [2.45, 2.75) is 19.9 Å². The van der Waals surface area contributed by atoms with Crippen molar-refractivity contribution in [3.05, 3.63) is 71.4 Å². The Kier molecular flexibility index (Phi) is 3.93. The van der Waals surface area contributed by atoms with Gasteiger partial charge < -0.3 is 5.11 Å². The highest BCUT2D eigenvalue weighted by atomic mass is 16.4. The molecule has 1 N–H and O–H groups in total. The van der Waals surface area contributed by atoms with Gasteiger partial charge in [0.2, 0.25) is 0 Å². The minimum absolute atomic E-state index is 0.0309. The molecule has 5 heteroatoms. The molecule has 0 saturated carbocycles. The summed E-state index contributed by atoms with van der Waals surface area (Å²) in [5, 5.41) is 17.4. The zero-order valence-corrected chi connectivity index (χ0v) is 13.0. The van der Waals surface area contributed by atoms with E-state index in [0.29, 0.717) is 5.69 Å². The third-order valence-electron chi connectivity index (χ3n) is 3.87. The van der Waals surface area contributed by atoms with Crippen molar-refractivity contribution in [3.63, 3.8) is 0 Å². The Labute approximate surface area is 134 Å². The fourth-order valence-electron chi connectivity index (χ4n) is 2.56. The number of benzene rings is 2. The minimum Gasteiger partial charge on any atom is -0.476 e. The number of aromatic nitrogens is 3. The van der Waals surface area contributed by atoms with Gasteiger partial charge in [-0.05, 0) is 19.4 Å². The molecule has 3 rings (SSSR count). The Balaban J connectivity index is 2.15. The molecule has 1 heterocycles. The lowest BCUT2D eigenvalue weighted by Gasteiger charge is -2.15. The van der Waals surface area contributed by atoms with E-state index in [1.54, 1.807) is 4.68 Å². The summed E-state index contributed by atoms with van der Waals surface area (Å²) in [6.45, 7) is 3.97. The molecule has 1 unspecified atom stereocenters. The van der Waals surface area contributed by atoms with Crippen LogP contribution < -0.4 is 0 Å². The van der Waals surface area contributed by atoms with Gasteiger partial charge in [-0.2, -0.15) is 0 Å². The largest absolute Gasteiger partial charge is 0.476 e. The second kappa shape index (κ2) is 6.04. The molecule has 2 aromatic carbocycles. The summed E-state index contributed by atoms with van der Waals surface area (Å²) in [4.78, 5) is 11.5. The highest BCUT2D eigenvalue weighted by molar-refractivity contribution is 5.92. The topological polar surface area (TPSA) is 68.0 Å². The third-order valence-corrected chi connectivity index (χ3v) is 3.87. The summed E-state index contributed by atoms with van der Waals surface area (Å²) < 4.78 is 1.67. The summed E-state index contributed by atoms with van der Waals surface area (Å²) in [6, 6.07) is 17.4. The Morgan fingerprint density at radius 1 is 1.09 bits per heavy atom. The van der Waals surface area contributed by atoms with E-state index in [1.807, 2.05) is 68.4 Å². The van der Waals surface area contributed by atoms with E-state index in [0.717, 1.165) is 16.7 Å². The van der Waals surface area contributed by atoms with Gasteiger partial charge in [-0.25, -0.2) is 9.48 Å². The Hall–Kier alpha value is -2.95. The van der Waals surface area contributed by atoms with E-state index in [4.69, 9.17) is 0 Å². The summed E-state index contributed by atoms with van der Waals surface area (Å²) >= 11 is 0. The van der Waals surface area contributed by atoms with Crippen LogP contribution in [0.2, 0.25) is 0 Å². The first-order valence-corrected chi connectivity index (χ1v) is 7.38. The molecule has 23 heavy (non-hydrogen) atoms. The molecule has 0 radical (unpaired) electrons. The number of rotatable bonds is 4. The van der Waals surface area contributed by atoms with E-state index >= 15 is 0 Å². The van der Waals surface area contributed by atoms with Gasteiger partial charge in [-0.1, -0.05) is 65.4 Å². The first kappa shape index (κ1) is 15.0. The molecule has 1 aromatic heterocycles.